The molecule has 0 unspecified atom stereocenters. The summed E-state index contributed by atoms with van der Waals surface area (Å²) in [7, 11) is 1.00. The highest BCUT2D eigenvalue weighted by atomic mass is 31.2. The van der Waals surface area contributed by atoms with Gasteiger partial charge in [-0.25, -0.2) is 4.57 Å². The molecule has 0 aliphatic heterocycles. The van der Waals surface area contributed by atoms with Crippen LogP contribution in [0.5, 0.6) is 17.2 Å². The summed E-state index contributed by atoms with van der Waals surface area (Å²) in [6, 6.07) is 3.42. The zero-order valence-corrected chi connectivity index (χ0v) is 14.5. The zero-order valence-electron chi connectivity index (χ0n) is 13.6. The maximum Gasteiger partial charge on any atom is 0.475 e. The topological polar surface area (TPSA) is 72.5 Å². The van der Waals surface area contributed by atoms with Crippen LogP contribution in [0.4, 0.5) is 0 Å². The van der Waals surface area contributed by atoms with Crippen molar-refractivity contribution < 1.29 is 32.3 Å². The first kappa shape index (κ1) is 18.8. The lowest BCUT2D eigenvalue weighted by molar-refractivity contribution is 0.116. The van der Waals surface area contributed by atoms with E-state index < -0.39 is 7.82 Å². The first-order valence-electron chi connectivity index (χ1n) is 6.86. The van der Waals surface area contributed by atoms with Crippen molar-refractivity contribution in [2.45, 2.75) is 20.5 Å². The lowest BCUT2D eigenvalue weighted by Crippen LogP contribution is -2.02. The fourth-order valence-corrected chi connectivity index (χ4v) is 2.96. The maximum absolute atomic E-state index is 12.3. The number of hydrogen-bond donors (Lipinski definition) is 0. The number of methoxy groups -OCH3 is 3. The van der Waals surface area contributed by atoms with Gasteiger partial charge in [0.25, 0.3) is 0 Å². The van der Waals surface area contributed by atoms with E-state index in [9.17, 15) is 4.57 Å². The lowest BCUT2D eigenvalue weighted by atomic mass is 10.2. The van der Waals surface area contributed by atoms with Crippen molar-refractivity contribution >= 4 is 7.82 Å². The predicted molar refractivity (Wildman–Crippen MR) is 81.7 cm³/mol. The largest absolute Gasteiger partial charge is 0.493 e. The van der Waals surface area contributed by atoms with E-state index in [1.807, 2.05) is 0 Å². The molecule has 7 nitrogen and oxygen atoms in total. The van der Waals surface area contributed by atoms with Gasteiger partial charge in [0.2, 0.25) is 5.75 Å². The van der Waals surface area contributed by atoms with Gasteiger partial charge >= 0.3 is 7.82 Å². The van der Waals surface area contributed by atoms with E-state index >= 15 is 0 Å². The van der Waals surface area contributed by atoms with E-state index in [1.165, 1.54) is 21.3 Å². The van der Waals surface area contributed by atoms with Gasteiger partial charge < -0.3 is 14.2 Å². The lowest BCUT2D eigenvalue weighted by Gasteiger charge is -2.18. The highest BCUT2D eigenvalue weighted by Gasteiger charge is 2.26. The molecule has 0 N–H and O–H groups in total. The minimum absolute atomic E-state index is 0.0218. The van der Waals surface area contributed by atoms with Gasteiger partial charge in [-0.15, -0.1) is 0 Å². The quantitative estimate of drug-likeness (QED) is 0.607. The van der Waals surface area contributed by atoms with E-state index in [0.717, 1.165) is 0 Å². The molecule has 0 bridgehead atoms. The molecule has 126 valence electrons. The number of benzene rings is 1. The number of phosphoric ester groups is 1. The molecule has 0 fully saturated rings. The summed E-state index contributed by atoms with van der Waals surface area (Å²) in [5, 5.41) is 0. The third-order valence-electron chi connectivity index (χ3n) is 2.69. The predicted octanol–water partition coefficient (Wildman–Crippen LogP) is 3.41. The van der Waals surface area contributed by atoms with Crippen molar-refractivity contribution in [2.75, 3.05) is 34.5 Å². The molecule has 0 aliphatic rings. The summed E-state index contributed by atoms with van der Waals surface area (Å²) in [4.78, 5) is 0. The Morgan fingerprint density at radius 3 is 1.73 bits per heavy atom. The SMILES string of the molecule is CCOP(=O)(OCC)OCc1cc(OC)c(OC)c(OC)c1. The number of hydrogen-bond acceptors (Lipinski definition) is 7. The number of phosphoric acid groups is 1. The molecule has 0 saturated heterocycles. The van der Waals surface area contributed by atoms with E-state index in [0.29, 0.717) is 22.8 Å². The van der Waals surface area contributed by atoms with Crippen LogP contribution in [0.3, 0.4) is 0 Å². The average Bonchev–Trinajstić information content (AvgIpc) is 2.52. The normalized spacial score (nSPS) is 11.3. The third-order valence-corrected chi connectivity index (χ3v) is 4.28. The first-order chi connectivity index (χ1) is 10.5. The molecular formula is C14H23O7P. The Hall–Kier alpha value is -1.27. The summed E-state index contributed by atoms with van der Waals surface area (Å²) in [6.07, 6.45) is 0. The fraction of sp³-hybridized carbons (Fsp3) is 0.571. The van der Waals surface area contributed by atoms with Gasteiger partial charge in [0, 0.05) is 0 Å². The monoisotopic (exact) mass is 334 g/mol. The van der Waals surface area contributed by atoms with E-state index in [4.69, 9.17) is 27.8 Å². The molecule has 1 aromatic rings. The Labute approximate surface area is 131 Å². The van der Waals surface area contributed by atoms with Crippen molar-refractivity contribution in [3.8, 4) is 17.2 Å². The molecule has 1 aromatic carbocycles. The van der Waals surface area contributed by atoms with Crippen LogP contribution in [-0.4, -0.2) is 34.5 Å². The van der Waals surface area contributed by atoms with Crippen molar-refractivity contribution in [3.63, 3.8) is 0 Å². The van der Waals surface area contributed by atoms with E-state index in [-0.39, 0.29) is 19.8 Å². The van der Waals surface area contributed by atoms with Gasteiger partial charge in [0.05, 0.1) is 41.2 Å². The van der Waals surface area contributed by atoms with Crippen LogP contribution in [0.1, 0.15) is 19.4 Å². The molecular weight excluding hydrogens is 311 g/mol. The summed E-state index contributed by atoms with van der Waals surface area (Å²) in [6.45, 7) is 3.91. The molecule has 0 aromatic heterocycles. The molecule has 1 rings (SSSR count). The van der Waals surface area contributed by atoms with Gasteiger partial charge in [-0.1, -0.05) is 0 Å². The number of rotatable bonds is 10. The summed E-state index contributed by atoms with van der Waals surface area (Å²) < 4.78 is 43.5. The first-order valence-corrected chi connectivity index (χ1v) is 8.32. The Bertz CT molecular complexity index is 483. The minimum atomic E-state index is -3.56. The second-order valence-electron chi connectivity index (χ2n) is 4.09. The second-order valence-corrected chi connectivity index (χ2v) is 5.76. The second kappa shape index (κ2) is 9.00. The summed E-state index contributed by atoms with van der Waals surface area (Å²) in [5.74, 6) is 1.46. The molecule has 8 heteroatoms. The maximum atomic E-state index is 12.3. The van der Waals surface area contributed by atoms with Crippen LogP contribution in [0.15, 0.2) is 12.1 Å². The fourth-order valence-electron chi connectivity index (χ4n) is 1.80. The Morgan fingerprint density at radius 2 is 1.36 bits per heavy atom. The summed E-state index contributed by atoms with van der Waals surface area (Å²) in [5.41, 5.74) is 0.689. The minimum Gasteiger partial charge on any atom is -0.493 e. The Balaban J connectivity index is 2.95. The highest BCUT2D eigenvalue weighted by molar-refractivity contribution is 7.48. The van der Waals surface area contributed by atoms with Crippen LogP contribution in [0.25, 0.3) is 0 Å². The van der Waals surface area contributed by atoms with Gasteiger partial charge in [-0.2, -0.15) is 0 Å². The van der Waals surface area contributed by atoms with E-state index in [1.54, 1.807) is 26.0 Å². The number of ether oxygens (including phenoxy) is 3. The zero-order chi connectivity index (χ0) is 16.6. The highest BCUT2D eigenvalue weighted by Crippen LogP contribution is 2.50. The molecule has 0 heterocycles. The molecule has 0 amide bonds. The average molecular weight is 334 g/mol. The van der Waals surface area contributed by atoms with Crippen LogP contribution in [-0.2, 0) is 24.7 Å². The van der Waals surface area contributed by atoms with Gasteiger partial charge in [0.1, 0.15) is 0 Å². The van der Waals surface area contributed by atoms with Crippen molar-refractivity contribution in [3.05, 3.63) is 17.7 Å². The molecule has 22 heavy (non-hydrogen) atoms. The summed E-state index contributed by atoms with van der Waals surface area (Å²) >= 11 is 0. The van der Waals surface area contributed by atoms with Crippen molar-refractivity contribution in [1.29, 1.82) is 0 Å². The van der Waals surface area contributed by atoms with Crippen LogP contribution >= 0.6 is 7.82 Å². The van der Waals surface area contributed by atoms with Gasteiger partial charge in [0.15, 0.2) is 11.5 Å². The third kappa shape index (κ3) is 4.88. The van der Waals surface area contributed by atoms with Crippen LogP contribution < -0.4 is 14.2 Å². The van der Waals surface area contributed by atoms with Gasteiger partial charge in [-0.05, 0) is 31.5 Å². The van der Waals surface area contributed by atoms with Crippen LogP contribution in [0, 0.1) is 0 Å². The smallest absolute Gasteiger partial charge is 0.475 e. The Morgan fingerprint density at radius 1 is 0.864 bits per heavy atom. The van der Waals surface area contributed by atoms with Gasteiger partial charge in [-0.3, -0.25) is 13.6 Å². The van der Waals surface area contributed by atoms with Crippen LogP contribution in [0.2, 0.25) is 0 Å². The van der Waals surface area contributed by atoms with E-state index in [2.05, 4.69) is 0 Å². The molecule has 0 atom stereocenters. The molecule has 0 radical (unpaired) electrons. The molecule has 0 saturated carbocycles. The van der Waals surface area contributed by atoms with Crippen molar-refractivity contribution in [2.24, 2.45) is 0 Å². The molecule has 0 aliphatic carbocycles. The van der Waals surface area contributed by atoms with Crippen molar-refractivity contribution in [1.82, 2.24) is 0 Å². The molecule has 0 spiro atoms. The standard InChI is InChI=1S/C14H23O7P/c1-6-19-22(15,20-7-2)21-10-11-8-12(16-3)14(18-5)13(9-11)17-4/h8-9H,6-7,10H2,1-5H3. The Kier molecular flexibility index (Phi) is 7.68.